The van der Waals surface area contributed by atoms with Gasteiger partial charge < -0.3 is 15.7 Å². The largest absolute Gasteiger partial charge is 0.393 e. The molecule has 0 spiro atoms. The van der Waals surface area contributed by atoms with Crippen LogP contribution in [0.2, 0.25) is 0 Å². The van der Waals surface area contributed by atoms with Gasteiger partial charge in [0.1, 0.15) is 5.82 Å². The molecule has 0 saturated heterocycles. The molecular weight excluding hydrogens is 251 g/mol. The molecule has 0 unspecified atom stereocenters. The summed E-state index contributed by atoms with van der Waals surface area (Å²) in [6.07, 6.45) is 3.18. The van der Waals surface area contributed by atoms with Gasteiger partial charge in [0.15, 0.2) is 5.11 Å². The van der Waals surface area contributed by atoms with Crippen LogP contribution in [0.15, 0.2) is 24.3 Å². The van der Waals surface area contributed by atoms with E-state index in [4.69, 9.17) is 12.2 Å². The average molecular weight is 268 g/mol. The van der Waals surface area contributed by atoms with Crippen molar-refractivity contribution in [2.75, 3.05) is 5.32 Å². The van der Waals surface area contributed by atoms with Gasteiger partial charge in [0.25, 0.3) is 0 Å². The van der Waals surface area contributed by atoms with Gasteiger partial charge >= 0.3 is 0 Å². The number of anilines is 1. The summed E-state index contributed by atoms with van der Waals surface area (Å²) in [6.45, 7) is 0. The van der Waals surface area contributed by atoms with Gasteiger partial charge in [-0.1, -0.05) is 12.1 Å². The van der Waals surface area contributed by atoms with Gasteiger partial charge in [-0.3, -0.25) is 0 Å². The Balaban J connectivity index is 1.84. The first-order valence-corrected chi connectivity index (χ1v) is 6.56. The minimum Gasteiger partial charge on any atom is -0.393 e. The quantitative estimate of drug-likeness (QED) is 0.721. The van der Waals surface area contributed by atoms with Gasteiger partial charge in [0.2, 0.25) is 0 Å². The number of aliphatic hydroxyl groups excluding tert-OH is 1. The average Bonchev–Trinajstić information content (AvgIpc) is 2.35. The SMILES string of the molecule is OC1CCC(NC(=S)Nc2ccccc2F)CC1. The third-order valence-electron chi connectivity index (χ3n) is 3.15. The maximum absolute atomic E-state index is 13.4. The third-order valence-corrected chi connectivity index (χ3v) is 3.37. The molecule has 3 nitrogen and oxygen atoms in total. The normalized spacial score (nSPS) is 23.4. The van der Waals surface area contributed by atoms with Crippen LogP contribution in [-0.2, 0) is 0 Å². The standard InChI is InChI=1S/C13H17FN2OS/c14-11-3-1-2-4-12(11)16-13(18)15-9-5-7-10(17)8-6-9/h1-4,9-10,17H,5-8H2,(H2,15,16,18). The van der Waals surface area contributed by atoms with Crippen LogP contribution in [0.25, 0.3) is 0 Å². The van der Waals surface area contributed by atoms with Gasteiger partial charge in [-0.2, -0.15) is 0 Å². The Morgan fingerprint density at radius 3 is 2.56 bits per heavy atom. The van der Waals surface area contributed by atoms with Gasteiger partial charge in [-0.25, -0.2) is 4.39 Å². The molecule has 0 aromatic heterocycles. The highest BCUT2D eigenvalue weighted by Gasteiger charge is 2.19. The molecule has 1 aliphatic rings. The number of halogens is 1. The Morgan fingerprint density at radius 1 is 1.22 bits per heavy atom. The lowest BCUT2D eigenvalue weighted by Gasteiger charge is -2.27. The summed E-state index contributed by atoms with van der Waals surface area (Å²) in [4.78, 5) is 0. The molecule has 1 saturated carbocycles. The highest BCUT2D eigenvalue weighted by molar-refractivity contribution is 7.80. The summed E-state index contributed by atoms with van der Waals surface area (Å²) in [5, 5.41) is 15.8. The van der Waals surface area contributed by atoms with Crippen LogP contribution in [-0.4, -0.2) is 22.4 Å². The van der Waals surface area contributed by atoms with Crippen LogP contribution in [0.4, 0.5) is 10.1 Å². The molecule has 0 atom stereocenters. The first kappa shape index (κ1) is 13.2. The highest BCUT2D eigenvalue weighted by Crippen LogP contribution is 2.18. The maximum Gasteiger partial charge on any atom is 0.171 e. The molecule has 0 aliphatic heterocycles. The highest BCUT2D eigenvalue weighted by atomic mass is 32.1. The Bertz CT molecular complexity index is 419. The van der Waals surface area contributed by atoms with Gasteiger partial charge in [0, 0.05) is 6.04 Å². The summed E-state index contributed by atoms with van der Waals surface area (Å²) in [5.74, 6) is -0.319. The monoisotopic (exact) mass is 268 g/mol. The van der Waals surface area contributed by atoms with Crippen molar-refractivity contribution in [1.29, 1.82) is 0 Å². The van der Waals surface area contributed by atoms with Crippen LogP contribution in [0.5, 0.6) is 0 Å². The molecule has 18 heavy (non-hydrogen) atoms. The zero-order valence-electron chi connectivity index (χ0n) is 10.0. The molecule has 1 aromatic carbocycles. The number of para-hydroxylation sites is 1. The lowest BCUT2D eigenvalue weighted by atomic mass is 9.93. The van der Waals surface area contributed by atoms with E-state index >= 15 is 0 Å². The molecule has 0 radical (unpaired) electrons. The first-order valence-electron chi connectivity index (χ1n) is 6.15. The summed E-state index contributed by atoms with van der Waals surface area (Å²) in [5.41, 5.74) is 0.380. The zero-order chi connectivity index (χ0) is 13.0. The molecule has 0 bridgehead atoms. The predicted molar refractivity (Wildman–Crippen MR) is 74.0 cm³/mol. The summed E-state index contributed by atoms with van der Waals surface area (Å²) in [6, 6.07) is 6.69. The topological polar surface area (TPSA) is 44.3 Å². The number of hydrogen-bond acceptors (Lipinski definition) is 2. The Labute approximate surface area is 111 Å². The minimum atomic E-state index is -0.319. The number of nitrogens with one attached hydrogen (secondary N) is 2. The van der Waals surface area contributed by atoms with E-state index in [-0.39, 0.29) is 18.0 Å². The maximum atomic E-state index is 13.4. The van der Waals surface area contributed by atoms with E-state index in [1.54, 1.807) is 18.2 Å². The second-order valence-corrected chi connectivity index (χ2v) is 4.99. The molecule has 3 N–H and O–H groups in total. The third kappa shape index (κ3) is 3.65. The second-order valence-electron chi connectivity index (χ2n) is 4.58. The van der Waals surface area contributed by atoms with Crippen molar-refractivity contribution in [1.82, 2.24) is 5.32 Å². The van der Waals surface area contributed by atoms with Crippen LogP contribution in [0.1, 0.15) is 25.7 Å². The van der Waals surface area contributed by atoms with Crippen molar-refractivity contribution in [2.24, 2.45) is 0 Å². The smallest absolute Gasteiger partial charge is 0.171 e. The van der Waals surface area contributed by atoms with Crippen molar-refractivity contribution in [3.63, 3.8) is 0 Å². The van der Waals surface area contributed by atoms with Crippen molar-refractivity contribution in [3.05, 3.63) is 30.1 Å². The van der Waals surface area contributed by atoms with E-state index in [0.717, 1.165) is 25.7 Å². The molecular formula is C13H17FN2OS. The van der Waals surface area contributed by atoms with Gasteiger partial charge in [-0.15, -0.1) is 0 Å². The first-order chi connectivity index (χ1) is 8.65. The number of rotatable bonds is 2. The van der Waals surface area contributed by atoms with E-state index in [1.165, 1.54) is 6.07 Å². The molecule has 0 heterocycles. The molecule has 2 rings (SSSR count). The fourth-order valence-corrected chi connectivity index (χ4v) is 2.40. The predicted octanol–water partition coefficient (Wildman–Crippen LogP) is 2.42. The summed E-state index contributed by atoms with van der Waals surface area (Å²) >= 11 is 5.15. The van der Waals surface area contributed by atoms with Crippen LogP contribution in [0, 0.1) is 5.82 Å². The second kappa shape index (κ2) is 6.11. The van der Waals surface area contributed by atoms with E-state index in [1.807, 2.05) is 0 Å². The van der Waals surface area contributed by atoms with Crippen LogP contribution in [0.3, 0.4) is 0 Å². The van der Waals surface area contributed by atoms with Gasteiger partial charge in [0.05, 0.1) is 11.8 Å². The zero-order valence-corrected chi connectivity index (χ0v) is 10.8. The Hall–Kier alpha value is -1.20. The summed E-state index contributed by atoms with van der Waals surface area (Å²) < 4.78 is 13.4. The van der Waals surface area contributed by atoms with Crippen molar-refractivity contribution >= 4 is 23.0 Å². The number of hydrogen-bond donors (Lipinski definition) is 3. The lowest BCUT2D eigenvalue weighted by Crippen LogP contribution is -2.40. The number of benzene rings is 1. The minimum absolute atomic E-state index is 0.184. The number of thiocarbonyl (C=S) groups is 1. The molecule has 1 aliphatic carbocycles. The molecule has 1 aromatic rings. The van der Waals surface area contributed by atoms with Crippen LogP contribution < -0.4 is 10.6 Å². The molecule has 98 valence electrons. The molecule has 0 amide bonds. The Kier molecular flexibility index (Phi) is 4.49. The van der Waals surface area contributed by atoms with Crippen LogP contribution >= 0.6 is 12.2 Å². The van der Waals surface area contributed by atoms with E-state index in [9.17, 15) is 9.50 Å². The number of aliphatic hydroxyl groups is 1. The summed E-state index contributed by atoms with van der Waals surface area (Å²) in [7, 11) is 0. The van der Waals surface area contributed by atoms with E-state index < -0.39 is 0 Å². The fourth-order valence-electron chi connectivity index (χ4n) is 2.13. The van der Waals surface area contributed by atoms with E-state index in [2.05, 4.69) is 10.6 Å². The Morgan fingerprint density at radius 2 is 1.89 bits per heavy atom. The van der Waals surface area contributed by atoms with Crippen molar-refractivity contribution in [3.8, 4) is 0 Å². The van der Waals surface area contributed by atoms with Gasteiger partial charge in [-0.05, 0) is 50.0 Å². The fraction of sp³-hybridized carbons (Fsp3) is 0.462. The van der Waals surface area contributed by atoms with E-state index in [0.29, 0.717) is 10.8 Å². The molecule has 1 fully saturated rings. The van der Waals surface area contributed by atoms with Crippen molar-refractivity contribution in [2.45, 2.75) is 37.8 Å². The lowest BCUT2D eigenvalue weighted by molar-refractivity contribution is 0.120. The van der Waals surface area contributed by atoms with Crippen molar-refractivity contribution < 1.29 is 9.50 Å². The molecule has 5 heteroatoms.